The highest BCUT2D eigenvalue weighted by atomic mass is 32.2. The number of hydrogen-bond acceptors (Lipinski definition) is 4. The molecule has 0 bridgehead atoms. The van der Waals surface area contributed by atoms with Crippen molar-refractivity contribution in [1.29, 1.82) is 0 Å². The molecule has 22 heavy (non-hydrogen) atoms. The smallest absolute Gasteiger partial charge is 0.241 e. The average molecular weight is 328 g/mol. The summed E-state index contributed by atoms with van der Waals surface area (Å²) in [6, 6.07) is 3.21. The van der Waals surface area contributed by atoms with Gasteiger partial charge in [0, 0.05) is 5.54 Å². The fraction of sp³-hybridized carbons (Fsp3) is 0.533. The van der Waals surface area contributed by atoms with Gasteiger partial charge in [0.15, 0.2) is 0 Å². The van der Waals surface area contributed by atoms with Crippen molar-refractivity contribution in [3.63, 3.8) is 0 Å². The van der Waals surface area contributed by atoms with Gasteiger partial charge in [-0.15, -0.1) is 0 Å². The summed E-state index contributed by atoms with van der Waals surface area (Å²) in [7, 11) is -2.22. The van der Waals surface area contributed by atoms with E-state index in [1.165, 1.54) is 13.2 Å². The lowest BCUT2D eigenvalue weighted by molar-refractivity contribution is -0.121. The number of aryl methyl sites for hydroxylation is 2. The molecule has 1 rings (SSSR count). The molecule has 1 aromatic carbocycles. The summed E-state index contributed by atoms with van der Waals surface area (Å²) in [5.41, 5.74) is 0.869. The predicted molar refractivity (Wildman–Crippen MR) is 85.6 cm³/mol. The molecule has 0 heterocycles. The second-order valence-corrected chi connectivity index (χ2v) is 7.95. The topological polar surface area (TPSA) is 84.5 Å². The van der Waals surface area contributed by atoms with Crippen LogP contribution in [0, 0.1) is 13.8 Å². The fourth-order valence-corrected chi connectivity index (χ4v) is 3.26. The quantitative estimate of drug-likeness (QED) is 0.858. The van der Waals surface area contributed by atoms with Crippen molar-refractivity contribution in [2.24, 2.45) is 0 Å². The summed E-state index contributed by atoms with van der Waals surface area (Å²) >= 11 is 0. The molecule has 0 aliphatic rings. The number of carbonyl (C=O) groups excluding carboxylic acids is 1. The Bertz CT molecular complexity index is 661. The number of hydrogen-bond donors (Lipinski definition) is 2. The van der Waals surface area contributed by atoms with Gasteiger partial charge in [0.2, 0.25) is 15.9 Å². The molecule has 0 aliphatic carbocycles. The molecule has 0 saturated heterocycles. The van der Waals surface area contributed by atoms with Crippen molar-refractivity contribution in [3.05, 3.63) is 23.3 Å². The zero-order valence-corrected chi connectivity index (χ0v) is 14.7. The first-order valence-corrected chi connectivity index (χ1v) is 8.40. The molecule has 0 aromatic heterocycles. The second kappa shape index (κ2) is 6.66. The van der Waals surface area contributed by atoms with Gasteiger partial charge in [-0.25, -0.2) is 13.1 Å². The van der Waals surface area contributed by atoms with Crippen molar-refractivity contribution in [2.75, 3.05) is 13.7 Å². The maximum Gasteiger partial charge on any atom is 0.241 e. The van der Waals surface area contributed by atoms with Crippen LogP contribution in [-0.2, 0) is 14.8 Å². The molecule has 0 spiro atoms. The lowest BCUT2D eigenvalue weighted by Crippen LogP contribution is -2.45. The molecule has 2 N–H and O–H groups in total. The Morgan fingerprint density at radius 1 is 1.18 bits per heavy atom. The monoisotopic (exact) mass is 328 g/mol. The van der Waals surface area contributed by atoms with Gasteiger partial charge in [0.05, 0.1) is 18.6 Å². The Labute approximate surface area is 132 Å². The maximum atomic E-state index is 12.3. The first-order valence-electron chi connectivity index (χ1n) is 6.92. The van der Waals surface area contributed by atoms with E-state index < -0.39 is 15.6 Å². The Morgan fingerprint density at radius 3 is 2.27 bits per heavy atom. The Balaban J connectivity index is 2.92. The molecule has 1 aromatic rings. The summed E-state index contributed by atoms with van der Waals surface area (Å²) < 4.78 is 32.2. The van der Waals surface area contributed by atoms with Crippen LogP contribution < -0.4 is 14.8 Å². The van der Waals surface area contributed by atoms with Crippen LogP contribution in [0.5, 0.6) is 5.75 Å². The first kappa shape index (κ1) is 18.4. The van der Waals surface area contributed by atoms with E-state index in [2.05, 4.69) is 10.0 Å². The number of sulfonamides is 1. The van der Waals surface area contributed by atoms with Gasteiger partial charge in [0.1, 0.15) is 5.75 Å². The number of methoxy groups -OCH3 is 1. The van der Waals surface area contributed by atoms with Gasteiger partial charge in [-0.05, 0) is 57.9 Å². The van der Waals surface area contributed by atoms with Crippen molar-refractivity contribution in [2.45, 2.75) is 45.1 Å². The molecule has 0 saturated carbocycles. The van der Waals surface area contributed by atoms with Gasteiger partial charge in [-0.3, -0.25) is 4.79 Å². The van der Waals surface area contributed by atoms with E-state index in [9.17, 15) is 13.2 Å². The van der Waals surface area contributed by atoms with E-state index in [0.29, 0.717) is 16.9 Å². The third-order valence-electron chi connectivity index (χ3n) is 2.92. The molecule has 0 aliphatic heterocycles. The van der Waals surface area contributed by atoms with E-state index >= 15 is 0 Å². The van der Waals surface area contributed by atoms with Crippen LogP contribution in [-0.4, -0.2) is 33.5 Å². The lowest BCUT2D eigenvalue weighted by atomic mass is 10.1. The van der Waals surface area contributed by atoms with E-state index in [-0.39, 0.29) is 17.3 Å². The minimum absolute atomic E-state index is 0.148. The highest BCUT2D eigenvalue weighted by molar-refractivity contribution is 7.89. The van der Waals surface area contributed by atoms with E-state index in [4.69, 9.17) is 4.74 Å². The summed E-state index contributed by atoms with van der Waals surface area (Å²) in [6.07, 6.45) is 0. The SMILES string of the molecule is COc1cc(C)c(S(=O)(=O)NCC(=O)NC(C)(C)C)cc1C. The van der Waals surface area contributed by atoms with E-state index in [1.54, 1.807) is 19.9 Å². The van der Waals surface area contributed by atoms with Crippen LogP contribution in [0.3, 0.4) is 0 Å². The van der Waals surface area contributed by atoms with Crippen molar-refractivity contribution >= 4 is 15.9 Å². The van der Waals surface area contributed by atoms with Crippen LogP contribution in [0.2, 0.25) is 0 Å². The average Bonchev–Trinajstić information content (AvgIpc) is 2.36. The van der Waals surface area contributed by atoms with Crippen LogP contribution in [0.25, 0.3) is 0 Å². The fourth-order valence-electron chi connectivity index (χ4n) is 1.97. The molecule has 7 heteroatoms. The highest BCUT2D eigenvalue weighted by Gasteiger charge is 2.21. The summed E-state index contributed by atoms with van der Waals surface area (Å²) in [5.74, 6) is 0.251. The van der Waals surface area contributed by atoms with Gasteiger partial charge >= 0.3 is 0 Å². The maximum absolute atomic E-state index is 12.3. The van der Waals surface area contributed by atoms with Crippen LogP contribution in [0.15, 0.2) is 17.0 Å². The number of rotatable bonds is 5. The summed E-state index contributed by atoms with van der Waals surface area (Å²) in [5, 5.41) is 2.70. The Hall–Kier alpha value is -1.60. The van der Waals surface area contributed by atoms with Crippen molar-refractivity contribution in [1.82, 2.24) is 10.0 Å². The van der Waals surface area contributed by atoms with Crippen LogP contribution in [0.4, 0.5) is 0 Å². The molecule has 0 unspecified atom stereocenters. The van der Waals surface area contributed by atoms with Gasteiger partial charge < -0.3 is 10.1 Å². The van der Waals surface area contributed by atoms with Crippen LogP contribution in [0.1, 0.15) is 31.9 Å². The summed E-state index contributed by atoms with van der Waals surface area (Å²) in [4.78, 5) is 11.9. The van der Waals surface area contributed by atoms with E-state index in [1.807, 2.05) is 20.8 Å². The molecule has 1 amide bonds. The molecule has 0 fully saturated rings. The minimum atomic E-state index is -3.76. The molecular weight excluding hydrogens is 304 g/mol. The van der Waals surface area contributed by atoms with E-state index in [0.717, 1.165) is 0 Å². The number of benzene rings is 1. The summed E-state index contributed by atoms with van der Waals surface area (Å²) in [6.45, 7) is 8.64. The largest absolute Gasteiger partial charge is 0.496 e. The third kappa shape index (κ3) is 4.99. The second-order valence-electron chi connectivity index (χ2n) is 6.21. The molecular formula is C15H24N2O4S. The van der Waals surface area contributed by atoms with Gasteiger partial charge in [-0.2, -0.15) is 0 Å². The molecule has 0 atom stereocenters. The molecule has 0 radical (unpaired) electrons. The van der Waals surface area contributed by atoms with Crippen molar-refractivity contribution in [3.8, 4) is 5.75 Å². The Morgan fingerprint density at radius 2 is 1.77 bits per heavy atom. The van der Waals surface area contributed by atoms with Gasteiger partial charge in [-0.1, -0.05) is 0 Å². The Kier molecular flexibility index (Phi) is 5.59. The molecule has 124 valence electrons. The predicted octanol–water partition coefficient (Wildman–Crippen LogP) is 1.51. The van der Waals surface area contributed by atoms with Gasteiger partial charge in [0.25, 0.3) is 0 Å². The third-order valence-corrected chi connectivity index (χ3v) is 4.46. The number of carbonyl (C=O) groups is 1. The normalized spacial score (nSPS) is 12.1. The highest BCUT2D eigenvalue weighted by Crippen LogP contribution is 2.25. The first-order chi connectivity index (χ1) is 9.96. The standard InChI is InChI=1S/C15H24N2O4S/c1-10-8-13(11(2)7-12(10)21-6)22(19,20)16-9-14(18)17-15(3,4)5/h7-8,16H,9H2,1-6H3,(H,17,18). The van der Waals surface area contributed by atoms with Crippen LogP contribution >= 0.6 is 0 Å². The number of ether oxygens (including phenoxy) is 1. The van der Waals surface area contributed by atoms with Crippen molar-refractivity contribution < 1.29 is 17.9 Å². The number of amides is 1. The zero-order chi connectivity index (χ0) is 17.1. The zero-order valence-electron chi connectivity index (χ0n) is 13.9. The molecule has 6 nitrogen and oxygen atoms in total. The minimum Gasteiger partial charge on any atom is -0.496 e. The number of nitrogens with one attached hydrogen (secondary N) is 2. The lowest BCUT2D eigenvalue weighted by Gasteiger charge is -2.20.